The number of nitrogens with zero attached hydrogens (tertiary/aromatic N) is 1. The monoisotopic (exact) mass is 257 g/mol. The van der Waals surface area contributed by atoms with E-state index in [9.17, 15) is 0 Å². The van der Waals surface area contributed by atoms with Crippen molar-refractivity contribution in [3.8, 4) is 0 Å². The topological polar surface area (TPSA) is 40.7 Å². The Hall–Kier alpha value is -0.930. The molecule has 0 radical (unpaired) electrons. The van der Waals surface area contributed by atoms with Gasteiger partial charge in [0.2, 0.25) is 5.95 Å². The number of nitrogens with one attached hydrogen (secondary N) is 2. The zero-order valence-electron chi connectivity index (χ0n) is 8.93. The van der Waals surface area contributed by atoms with E-state index in [-0.39, 0.29) is 5.54 Å². The van der Waals surface area contributed by atoms with E-state index in [1.165, 1.54) is 0 Å². The van der Waals surface area contributed by atoms with Crippen LogP contribution in [0.4, 0.5) is 5.95 Å². The quantitative estimate of drug-likeness (QED) is 0.827. The van der Waals surface area contributed by atoms with Crippen molar-refractivity contribution in [2.45, 2.75) is 12.5 Å². The highest BCUT2D eigenvalue weighted by Gasteiger charge is 2.22. The van der Waals surface area contributed by atoms with E-state index >= 15 is 0 Å². The number of halogens is 2. The van der Waals surface area contributed by atoms with Gasteiger partial charge in [-0.2, -0.15) is 0 Å². The Morgan fingerprint density at radius 1 is 1.31 bits per heavy atom. The van der Waals surface area contributed by atoms with Crippen LogP contribution in [0.1, 0.15) is 6.92 Å². The minimum absolute atomic E-state index is 0.350. The summed E-state index contributed by atoms with van der Waals surface area (Å²) in [7, 11) is 0. The fourth-order valence-electron chi connectivity index (χ4n) is 1.40. The number of aromatic amines is 1. The molecule has 2 N–H and O–H groups in total. The van der Waals surface area contributed by atoms with Gasteiger partial charge in [0, 0.05) is 11.8 Å². The number of hydrogen-bond acceptors (Lipinski definition) is 2. The maximum atomic E-state index is 5.87. The van der Waals surface area contributed by atoms with E-state index in [0.717, 1.165) is 11.0 Å². The smallest absolute Gasteiger partial charge is 0.201 e. The van der Waals surface area contributed by atoms with Crippen molar-refractivity contribution in [1.29, 1.82) is 0 Å². The lowest BCUT2D eigenvalue weighted by molar-refractivity contribution is 0.642. The van der Waals surface area contributed by atoms with Gasteiger partial charge in [0.15, 0.2) is 0 Å². The summed E-state index contributed by atoms with van der Waals surface area (Å²) < 4.78 is 0. The fraction of sp³-hybridized carbons (Fsp3) is 0.364. The van der Waals surface area contributed by atoms with Gasteiger partial charge in [-0.3, -0.25) is 0 Å². The number of hydrogen-bond donors (Lipinski definition) is 2. The maximum Gasteiger partial charge on any atom is 0.201 e. The predicted molar refractivity (Wildman–Crippen MR) is 69.6 cm³/mol. The summed E-state index contributed by atoms with van der Waals surface area (Å²) in [5, 5.41) is 3.21. The molecule has 2 aromatic rings. The van der Waals surface area contributed by atoms with Gasteiger partial charge < -0.3 is 10.3 Å². The molecular formula is C11H13Cl2N3. The lowest BCUT2D eigenvalue weighted by atomic mass is 10.1. The Morgan fingerprint density at radius 3 is 2.62 bits per heavy atom. The number of benzene rings is 1. The first-order valence-electron chi connectivity index (χ1n) is 5.02. The first-order chi connectivity index (χ1) is 7.67. The number of imidazole rings is 1. The van der Waals surface area contributed by atoms with E-state index in [2.05, 4.69) is 15.3 Å². The SMILES string of the molecule is CC(CCl)(CCl)Nc1nc2ccccc2[nH]1. The average molecular weight is 258 g/mol. The van der Waals surface area contributed by atoms with Crippen LogP contribution in [0.5, 0.6) is 0 Å². The summed E-state index contributed by atoms with van der Waals surface area (Å²) >= 11 is 11.7. The van der Waals surface area contributed by atoms with Crippen molar-refractivity contribution >= 4 is 40.2 Å². The molecule has 0 saturated heterocycles. The molecule has 0 unspecified atom stereocenters. The predicted octanol–water partition coefficient (Wildman–Crippen LogP) is 3.21. The first kappa shape index (κ1) is 11.6. The number of aromatic nitrogens is 2. The third-order valence-corrected chi connectivity index (χ3v) is 3.58. The molecule has 16 heavy (non-hydrogen) atoms. The molecule has 1 aromatic carbocycles. The fourth-order valence-corrected chi connectivity index (χ4v) is 1.82. The number of para-hydroxylation sites is 2. The van der Waals surface area contributed by atoms with Gasteiger partial charge in [-0.15, -0.1) is 23.2 Å². The van der Waals surface area contributed by atoms with Gasteiger partial charge in [-0.25, -0.2) is 4.98 Å². The van der Waals surface area contributed by atoms with E-state index in [1.807, 2.05) is 31.2 Å². The van der Waals surface area contributed by atoms with Crippen LogP contribution in [-0.2, 0) is 0 Å². The molecular weight excluding hydrogens is 245 g/mol. The lowest BCUT2D eigenvalue weighted by Gasteiger charge is -2.25. The van der Waals surface area contributed by atoms with Crippen LogP contribution in [0.15, 0.2) is 24.3 Å². The molecule has 0 spiro atoms. The van der Waals surface area contributed by atoms with Crippen LogP contribution in [-0.4, -0.2) is 27.3 Å². The molecule has 0 aliphatic rings. The number of alkyl halides is 2. The highest BCUT2D eigenvalue weighted by molar-refractivity contribution is 6.22. The number of H-pyrrole nitrogens is 1. The van der Waals surface area contributed by atoms with Crippen molar-refractivity contribution in [2.75, 3.05) is 17.1 Å². The molecule has 0 saturated carbocycles. The molecule has 2 rings (SSSR count). The molecule has 0 fully saturated rings. The van der Waals surface area contributed by atoms with Crippen LogP contribution < -0.4 is 5.32 Å². The second-order valence-corrected chi connectivity index (χ2v) is 4.59. The summed E-state index contributed by atoms with van der Waals surface area (Å²) in [5.74, 6) is 1.55. The van der Waals surface area contributed by atoms with E-state index in [1.54, 1.807) is 0 Å². The van der Waals surface area contributed by atoms with Crippen LogP contribution in [0.3, 0.4) is 0 Å². The van der Waals surface area contributed by atoms with Crippen LogP contribution in [0, 0.1) is 0 Å². The highest BCUT2D eigenvalue weighted by Crippen LogP contribution is 2.19. The minimum Gasteiger partial charge on any atom is -0.348 e. The summed E-state index contributed by atoms with van der Waals surface area (Å²) in [5.41, 5.74) is 1.57. The Morgan fingerprint density at radius 2 is 2.00 bits per heavy atom. The van der Waals surface area contributed by atoms with Crippen LogP contribution in [0.25, 0.3) is 11.0 Å². The molecule has 0 aliphatic heterocycles. The Balaban J connectivity index is 2.27. The molecule has 0 atom stereocenters. The Labute approximate surface area is 104 Å². The number of rotatable bonds is 4. The van der Waals surface area contributed by atoms with Gasteiger partial charge in [0.25, 0.3) is 0 Å². The molecule has 1 heterocycles. The van der Waals surface area contributed by atoms with Crippen LogP contribution in [0.2, 0.25) is 0 Å². The third-order valence-electron chi connectivity index (χ3n) is 2.40. The van der Waals surface area contributed by atoms with Gasteiger partial charge in [0.05, 0.1) is 16.6 Å². The Kier molecular flexibility index (Phi) is 3.26. The van der Waals surface area contributed by atoms with Crippen molar-refractivity contribution in [3.63, 3.8) is 0 Å². The van der Waals surface area contributed by atoms with Crippen molar-refractivity contribution in [1.82, 2.24) is 9.97 Å². The Bertz CT molecular complexity index is 444. The lowest BCUT2D eigenvalue weighted by Crippen LogP contribution is -2.39. The zero-order valence-corrected chi connectivity index (χ0v) is 10.4. The van der Waals surface area contributed by atoms with Crippen molar-refractivity contribution in [3.05, 3.63) is 24.3 Å². The summed E-state index contributed by atoms with van der Waals surface area (Å²) in [4.78, 5) is 7.59. The molecule has 86 valence electrons. The average Bonchev–Trinajstić information content (AvgIpc) is 2.70. The summed E-state index contributed by atoms with van der Waals surface area (Å²) in [6.07, 6.45) is 0. The largest absolute Gasteiger partial charge is 0.348 e. The molecule has 0 aliphatic carbocycles. The van der Waals surface area contributed by atoms with E-state index in [0.29, 0.717) is 17.7 Å². The zero-order chi connectivity index (χ0) is 11.6. The minimum atomic E-state index is -0.350. The molecule has 1 aromatic heterocycles. The van der Waals surface area contributed by atoms with Gasteiger partial charge in [-0.1, -0.05) is 12.1 Å². The second-order valence-electron chi connectivity index (χ2n) is 4.06. The summed E-state index contributed by atoms with van der Waals surface area (Å²) in [6, 6.07) is 7.85. The molecule has 5 heteroatoms. The van der Waals surface area contributed by atoms with Crippen molar-refractivity contribution < 1.29 is 0 Å². The second kappa shape index (κ2) is 4.52. The van der Waals surface area contributed by atoms with E-state index in [4.69, 9.17) is 23.2 Å². The van der Waals surface area contributed by atoms with Gasteiger partial charge >= 0.3 is 0 Å². The highest BCUT2D eigenvalue weighted by atomic mass is 35.5. The third kappa shape index (κ3) is 2.25. The van der Waals surface area contributed by atoms with Crippen molar-refractivity contribution in [2.24, 2.45) is 0 Å². The molecule has 0 amide bonds. The van der Waals surface area contributed by atoms with Gasteiger partial charge in [0.1, 0.15) is 0 Å². The molecule has 0 bridgehead atoms. The number of anilines is 1. The maximum absolute atomic E-state index is 5.87. The number of fused-ring (bicyclic) bond motifs is 1. The van der Waals surface area contributed by atoms with E-state index < -0.39 is 0 Å². The first-order valence-corrected chi connectivity index (χ1v) is 6.09. The normalized spacial score (nSPS) is 11.9. The standard InChI is InChI=1S/C11H13Cl2N3/c1-11(6-12,7-13)16-10-14-8-4-2-3-5-9(8)15-10/h2-5H,6-7H2,1H3,(H2,14,15,16). The molecule has 3 nitrogen and oxygen atoms in total. The van der Waals surface area contributed by atoms with Gasteiger partial charge in [-0.05, 0) is 19.1 Å². The summed E-state index contributed by atoms with van der Waals surface area (Å²) in [6.45, 7) is 1.96. The van der Waals surface area contributed by atoms with Crippen LogP contribution >= 0.6 is 23.2 Å².